The highest BCUT2D eigenvalue weighted by atomic mass is 16.5. The van der Waals surface area contributed by atoms with Crippen LogP contribution >= 0.6 is 0 Å². The second-order valence-corrected chi connectivity index (χ2v) is 7.49. The van der Waals surface area contributed by atoms with Gasteiger partial charge in [-0.2, -0.15) is 5.21 Å². The van der Waals surface area contributed by atoms with Crippen molar-refractivity contribution in [1.29, 1.82) is 5.41 Å². The van der Waals surface area contributed by atoms with Crippen molar-refractivity contribution in [1.82, 2.24) is 30.9 Å². The summed E-state index contributed by atoms with van der Waals surface area (Å²) in [6.07, 6.45) is 0.666. The second-order valence-electron chi connectivity index (χ2n) is 7.49. The van der Waals surface area contributed by atoms with Crippen molar-refractivity contribution in [3.05, 3.63) is 41.7 Å². The molecule has 2 aromatic heterocycles. The Balaban J connectivity index is 1.91. The van der Waals surface area contributed by atoms with E-state index in [1.807, 2.05) is 44.2 Å². The van der Waals surface area contributed by atoms with Gasteiger partial charge >= 0.3 is 0 Å². The van der Waals surface area contributed by atoms with E-state index in [1.54, 1.807) is 7.05 Å². The number of aliphatic hydroxyl groups is 1. The molecule has 0 fully saturated rings. The predicted octanol–water partition coefficient (Wildman–Crippen LogP) is 1.65. The molecule has 0 radical (unpaired) electrons. The number of likely N-dealkylation sites (N-methyl/N-ethyl adjacent to an activating group) is 1. The van der Waals surface area contributed by atoms with Gasteiger partial charge in [-0.15, -0.1) is 10.2 Å². The number of benzene rings is 1. The summed E-state index contributed by atoms with van der Waals surface area (Å²) in [6, 6.07) is 9.53. The van der Waals surface area contributed by atoms with E-state index in [0.717, 1.165) is 5.56 Å². The number of hydrogen-bond donors (Lipinski definition) is 6. The minimum atomic E-state index is -0.601. The van der Waals surface area contributed by atoms with Gasteiger partial charge < -0.3 is 31.2 Å². The first-order valence-corrected chi connectivity index (χ1v) is 10.3. The molecule has 1 unspecified atom stereocenters. The van der Waals surface area contributed by atoms with Crippen LogP contribution in [0.15, 0.2) is 30.3 Å². The lowest BCUT2D eigenvalue weighted by molar-refractivity contribution is 0.108. The lowest BCUT2D eigenvalue weighted by atomic mass is 10.1. The molecule has 0 aliphatic carbocycles. The topological polar surface area (TPSA) is 157 Å². The standard InChI is InChI=1S/C21H29N9O2/c1-13(2)25-21-17(9-22)19(24-11-20-27-29-30-28-20)8-18(26-21)14-5-4-6-16(7-14)32-12-15(31)10-23-3/h4-9,13,15,22-23,31H,10-12H2,1-3H3,(H2,24,25,26)(H,27,28,29,30). The highest BCUT2D eigenvalue weighted by Gasteiger charge is 2.15. The van der Waals surface area contributed by atoms with Crippen LogP contribution in [-0.2, 0) is 6.54 Å². The van der Waals surface area contributed by atoms with Crippen LogP contribution in [0.2, 0.25) is 0 Å². The summed E-state index contributed by atoms with van der Waals surface area (Å²) < 4.78 is 5.74. The van der Waals surface area contributed by atoms with Gasteiger partial charge in [0.05, 0.1) is 17.8 Å². The molecule has 1 aromatic carbocycles. The maximum absolute atomic E-state index is 9.89. The van der Waals surface area contributed by atoms with Gasteiger partial charge in [0.1, 0.15) is 24.3 Å². The molecule has 0 bridgehead atoms. The van der Waals surface area contributed by atoms with Crippen LogP contribution in [0, 0.1) is 5.41 Å². The molecule has 11 nitrogen and oxygen atoms in total. The van der Waals surface area contributed by atoms with E-state index in [1.165, 1.54) is 6.21 Å². The number of anilines is 2. The number of H-pyrrole nitrogens is 1. The molecule has 0 saturated carbocycles. The van der Waals surface area contributed by atoms with Crippen LogP contribution in [0.1, 0.15) is 25.2 Å². The molecule has 11 heteroatoms. The first kappa shape index (κ1) is 23.1. The Bertz CT molecular complexity index is 1010. The normalized spacial score (nSPS) is 11.9. The summed E-state index contributed by atoms with van der Waals surface area (Å²) in [5.74, 6) is 1.74. The number of aromatic nitrogens is 5. The first-order chi connectivity index (χ1) is 15.5. The minimum Gasteiger partial charge on any atom is -0.491 e. The molecular weight excluding hydrogens is 410 g/mol. The van der Waals surface area contributed by atoms with Crippen molar-refractivity contribution >= 4 is 17.7 Å². The van der Waals surface area contributed by atoms with E-state index in [2.05, 4.69) is 36.6 Å². The van der Waals surface area contributed by atoms with E-state index >= 15 is 0 Å². The monoisotopic (exact) mass is 439 g/mol. The van der Waals surface area contributed by atoms with Crippen molar-refractivity contribution in [3.63, 3.8) is 0 Å². The summed E-state index contributed by atoms with van der Waals surface area (Å²) >= 11 is 0. The van der Waals surface area contributed by atoms with Gasteiger partial charge in [0.15, 0.2) is 5.82 Å². The number of nitrogens with one attached hydrogen (secondary N) is 5. The van der Waals surface area contributed by atoms with Gasteiger partial charge in [-0.3, -0.25) is 0 Å². The fourth-order valence-corrected chi connectivity index (χ4v) is 3.04. The number of aromatic amines is 1. The summed E-state index contributed by atoms with van der Waals surface area (Å²) in [5.41, 5.74) is 2.90. The van der Waals surface area contributed by atoms with Gasteiger partial charge in [0, 0.05) is 30.1 Å². The molecule has 170 valence electrons. The van der Waals surface area contributed by atoms with Crippen LogP contribution in [0.25, 0.3) is 11.3 Å². The second kappa shape index (κ2) is 11.2. The molecule has 0 aliphatic heterocycles. The van der Waals surface area contributed by atoms with Gasteiger partial charge in [-0.25, -0.2) is 4.98 Å². The lowest BCUT2D eigenvalue weighted by Crippen LogP contribution is -2.29. The third-order valence-electron chi connectivity index (χ3n) is 4.47. The molecule has 0 spiro atoms. The zero-order valence-electron chi connectivity index (χ0n) is 18.4. The molecule has 0 amide bonds. The first-order valence-electron chi connectivity index (χ1n) is 10.3. The molecule has 3 rings (SSSR count). The highest BCUT2D eigenvalue weighted by molar-refractivity contribution is 5.93. The Kier molecular flexibility index (Phi) is 8.06. The highest BCUT2D eigenvalue weighted by Crippen LogP contribution is 2.30. The summed E-state index contributed by atoms with van der Waals surface area (Å²) in [7, 11) is 1.78. The number of rotatable bonds is 12. The predicted molar refractivity (Wildman–Crippen MR) is 123 cm³/mol. The Labute approximate surface area is 186 Å². The average Bonchev–Trinajstić information content (AvgIpc) is 3.30. The molecule has 0 saturated heterocycles. The fraction of sp³-hybridized carbons (Fsp3) is 0.381. The Morgan fingerprint density at radius 3 is 2.81 bits per heavy atom. The zero-order valence-corrected chi connectivity index (χ0v) is 18.4. The maximum atomic E-state index is 9.89. The van der Waals surface area contributed by atoms with Crippen LogP contribution in [0.5, 0.6) is 5.75 Å². The quantitative estimate of drug-likeness (QED) is 0.231. The minimum absolute atomic E-state index is 0.129. The van der Waals surface area contributed by atoms with Crippen LogP contribution in [0.3, 0.4) is 0 Å². The molecule has 0 aliphatic rings. The molecule has 32 heavy (non-hydrogen) atoms. The number of ether oxygens (including phenoxy) is 1. The van der Waals surface area contributed by atoms with E-state index in [9.17, 15) is 5.11 Å². The van der Waals surface area contributed by atoms with Gasteiger partial charge in [0.25, 0.3) is 0 Å². The van der Waals surface area contributed by atoms with Gasteiger partial charge in [0.2, 0.25) is 0 Å². The Morgan fingerprint density at radius 2 is 2.12 bits per heavy atom. The van der Waals surface area contributed by atoms with E-state index in [-0.39, 0.29) is 12.6 Å². The van der Waals surface area contributed by atoms with Crippen molar-refractivity contribution in [3.8, 4) is 17.0 Å². The summed E-state index contributed by atoms with van der Waals surface area (Å²) in [5, 5.41) is 41.2. The van der Waals surface area contributed by atoms with E-state index in [4.69, 9.17) is 15.1 Å². The SMILES string of the molecule is CNCC(O)COc1cccc(-c2cc(NCc3nn[nH]n3)c(C=N)c(NC(C)C)n2)c1. The van der Waals surface area contributed by atoms with Crippen LogP contribution in [-0.4, -0.2) is 69.3 Å². The third-order valence-corrected chi connectivity index (χ3v) is 4.47. The Morgan fingerprint density at radius 1 is 1.28 bits per heavy atom. The van der Waals surface area contributed by atoms with Gasteiger partial charge in [-0.1, -0.05) is 17.3 Å². The lowest BCUT2D eigenvalue weighted by Gasteiger charge is -2.18. The Hall–Kier alpha value is -3.57. The molecule has 1 atom stereocenters. The van der Waals surface area contributed by atoms with Crippen LogP contribution < -0.4 is 20.7 Å². The number of nitrogens with zero attached hydrogens (tertiary/aromatic N) is 4. The van der Waals surface area contributed by atoms with E-state index in [0.29, 0.717) is 47.4 Å². The van der Waals surface area contributed by atoms with Crippen molar-refractivity contribution in [2.45, 2.75) is 32.5 Å². The summed E-state index contributed by atoms with van der Waals surface area (Å²) in [4.78, 5) is 4.76. The smallest absolute Gasteiger partial charge is 0.193 e. The van der Waals surface area contributed by atoms with E-state index < -0.39 is 6.10 Å². The number of hydrogen-bond acceptors (Lipinski definition) is 10. The molecule has 6 N–H and O–H groups in total. The fourth-order valence-electron chi connectivity index (χ4n) is 3.04. The molecule has 2 heterocycles. The number of pyridine rings is 1. The average molecular weight is 440 g/mol. The zero-order chi connectivity index (χ0) is 22.9. The van der Waals surface area contributed by atoms with Crippen molar-refractivity contribution in [2.24, 2.45) is 0 Å². The molecule has 3 aromatic rings. The van der Waals surface area contributed by atoms with Crippen molar-refractivity contribution < 1.29 is 9.84 Å². The van der Waals surface area contributed by atoms with Crippen molar-refractivity contribution in [2.75, 3.05) is 30.8 Å². The van der Waals surface area contributed by atoms with Crippen LogP contribution in [0.4, 0.5) is 11.5 Å². The third kappa shape index (κ3) is 6.22. The maximum Gasteiger partial charge on any atom is 0.193 e. The number of tetrazole rings is 1. The molecular formula is C21H29N9O2. The summed E-state index contributed by atoms with van der Waals surface area (Å²) in [6.45, 7) is 5.00. The van der Waals surface area contributed by atoms with Gasteiger partial charge in [-0.05, 0) is 39.1 Å². The largest absolute Gasteiger partial charge is 0.491 e. The number of aliphatic hydroxyl groups excluding tert-OH is 1.